The molecule has 0 aromatic rings. The van der Waals surface area contributed by atoms with Gasteiger partial charge in [-0.05, 0) is 6.42 Å². The van der Waals surface area contributed by atoms with Gasteiger partial charge in [-0.1, -0.05) is 6.92 Å². The van der Waals surface area contributed by atoms with E-state index in [1.807, 2.05) is 6.92 Å². The minimum absolute atomic E-state index is 0.119. The Bertz CT molecular complexity index is 71.6. The van der Waals surface area contributed by atoms with Crippen LogP contribution < -0.4 is 5.84 Å². The van der Waals surface area contributed by atoms with E-state index in [1.165, 1.54) is 5.01 Å². The maximum atomic E-state index is 8.38. The smallest absolute Gasteiger partial charge is 0.426 e. The first-order valence-electron chi connectivity index (χ1n) is 3.02. The normalized spacial score (nSPS) is 10.3. The lowest BCUT2D eigenvalue weighted by molar-refractivity contribution is 0.285. The van der Waals surface area contributed by atoms with Crippen LogP contribution in [0.2, 0.25) is 0 Å². The van der Waals surface area contributed by atoms with Gasteiger partial charge in [0.1, 0.15) is 0 Å². The highest BCUT2D eigenvalue weighted by atomic mass is 16.4. The molecular formula is C4H13BN2O2. The zero-order chi connectivity index (χ0) is 7.28. The predicted molar refractivity (Wildman–Crippen MR) is 36.2 cm³/mol. The van der Waals surface area contributed by atoms with Crippen molar-refractivity contribution in [2.24, 2.45) is 5.84 Å². The molecule has 0 atom stereocenters. The van der Waals surface area contributed by atoms with Gasteiger partial charge in [-0.2, -0.15) is 0 Å². The average Bonchev–Trinajstić information content (AvgIpc) is 1.63. The molecule has 0 rings (SSSR count). The molecule has 0 spiro atoms. The lowest BCUT2D eigenvalue weighted by Crippen LogP contribution is -2.40. The number of hydrogen-bond donors (Lipinski definition) is 3. The molecule has 0 bridgehead atoms. The zero-order valence-electron chi connectivity index (χ0n) is 5.62. The summed E-state index contributed by atoms with van der Waals surface area (Å²) in [6.07, 6.45) is 1.04. The molecular weight excluding hydrogens is 119 g/mol. The van der Waals surface area contributed by atoms with Crippen LogP contribution in [0.5, 0.6) is 0 Å². The first kappa shape index (κ1) is 8.90. The topological polar surface area (TPSA) is 69.7 Å². The second kappa shape index (κ2) is 4.75. The largest absolute Gasteiger partial charge is 0.468 e. The standard InChI is InChI=1S/C4H13BN2O2/c1-2-3-7(6)4-5(8)9/h8-9H,2-4,6H2,1H3. The molecule has 0 aromatic carbocycles. The molecule has 0 amide bonds. The van der Waals surface area contributed by atoms with Gasteiger partial charge < -0.3 is 10.0 Å². The summed E-state index contributed by atoms with van der Waals surface area (Å²) < 4.78 is 0. The quantitative estimate of drug-likeness (QED) is 0.249. The summed E-state index contributed by atoms with van der Waals surface area (Å²) >= 11 is 0. The summed E-state index contributed by atoms with van der Waals surface area (Å²) in [4.78, 5) is 0. The highest BCUT2D eigenvalue weighted by Crippen LogP contribution is 1.81. The van der Waals surface area contributed by atoms with Crippen molar-refractivity contribution in [3.05, 3.63) is 0 Å². The second-order valence-corrected chi connectivity index (χ2v) is 1.98. The van der Waals surface area contributed by atoms with Crippen LogP contribution in [0.4, 0.5) is 0 Å². The van der Waals surface area contributed by atoms with Crippen LogP contribution in [0.15, 0.2) is 0 Å². The number of nitrogens with zero attached hydrogens (tertiary/aromatic N) is 1. The summed E-state index contributed by atoms with van der Waals surface area (Å²) in [5.41, 5.74) is 0. The van der Waals surface area contributed by atoms with E-state index in [9.17, 15) is 0 Å². The third-order valence-corrected chi connectivity index (χ3v) is 0.909. The number of nitrogens with two attached hydrogens (primary N) is 1. The van der Waals surface area contributed by atoms with Crippen molar-refractivity contribution in [2.75, 3.05) is 13.0 Å². The molecule has 4 N–H and O–H groups in total. The van der Waals surface area contributed by atoms with Gasteiger partial charge in [0.15, 0.2) is 0 Å². The molecule has 0 saturated carbocycles. The van der Waals surface area contributed by atoms with Gasteiger partial charge in [0, 0.05) is 13.0 Å². The Balaban J connectivity index is 3.15. The van der Waals surface area contributed by atoms with Crippen LogP contribution in [-0.4, -0.2) is 35.2 Å². The lowest BCUT2D eigenvalue weighted by Gasteiger charge is -2.13. The molecule has 0 aliphatic heterocycles. The fourth-order valence-electron chi connectivity index (χ4n) is 0.588. The first-order valence-corrected chi connectivity index (χ1v) is 3.02. The summed E-state index contributed by atoms with van der Waals surface area (Å²) in [6, 6.07) is 0. The van der Waals surface area contributed by atoms with Crippen LogP contribution in [0.25, 0.3) is 0 Å². The molecule has 54 valence electrons. The number of hydrazine groups is 1. The molecule has 0 saturated heterocycles. The van der Waals surface area contributed by atoms with E-state index < -0.39 is 7.12 Å². The van der Waals surface area contributed by atoms with Crippen molar-refractivity contribution in [1.82, 2.24) is 5.01 Å². The van der Waals surface area contributed by atoms with Crippen molar-refractivity contribution in [1.29, 1.82) is 0 Å². The highest BCUT2D eigenvalue weighted by molar-refractivity contribution is 6.41. The summed E-state index contributed by atoms with van der Waals surface area (Å²) in [5, 5.41) is 18.1. The van der Waals surface area contributed by atoms with Crippen molar-refractivity contribution in [2.45, 2.75) is 13.3 Å². The third-order valence-electron chi connectivity index (χ3n) is 0.909. The monoisotopic (exact) mass is 132 g/mol. The van der Waals surface area contributed by atoms with E-state index >= 15 is 0 Å². The van der Waals surface area contributed by atoms with Gasteiger partial charge in [-0.25, -0.2) is 5.01 Å². The Kier molecular flexibility index (Phi) is 4.70. The third kappa shape index (κ3) is 5.78. The Morgan fingerprint density at radius 1 is 1.56 bits per heavy atom. The summed E-state index contributed by atoms with van der Waals surface area (Å²) in [5.74, 6) is 5.30. The highest BCUT2D eigenvalue weighted by Gasteiger charge is 2.09. The molecule has 0 heterocycles. The second-order valence-electron chi connectivity index (χ2n) is 1.98. The Morgan fingerprint density at radius 3 is 2.44 bits per heavy atom. The van der Waals surface area contributed by atoms with Crippen molar-refractivity contribution < 1.29 is 10.0 Å². The van der Waals surface area contributed by atoms with Crippen LogP contribution in [0.1, 0.15) is 13.3 Å². The van der Waals surface area contributed by atoms with E-state index in [0.717, 1.165) is 6.42 Å². The van der Waals surface area contributed by atoms with Crippen molar-refractivity contribution in [3.8, 4) is 0 Å². The first-order chi connectivity index (χ1) is 4.16. The molecule has 9 heavy (non-hydrogen) atoms. The molecule has 0 radical (unpaired) electrons. The maximum absolute atomic E-state index is 8.38. The minimum Gasteiger partial charge on any atom is -0.426 e. The fraction of sp³-hybridized carbons (Fsp3) is 1.00. The molecule has 5 heteroatoms. The van der Waals surface area contributed by atoms with Crippen LogP contribution in [0.3, 0.4) is 0 Å². The molecule has 0 fully saturated rings. The van der Waals surface area contributed by atoms with Gasteiger partial charge in [-0.15, -0.1) is 0 Å². The predicted octanol–water partition coefficient (Wildman–Crippen LogP) is -1.42. The Hall–Kier alpha value is -0.0951. The molecule has 0 aliphatic rings. The maximum Gasteiger partial charge on any atom is 0.468 e. The Morgan fingerprint density at radius 2 is 2.11 bits per heavy atom. The number of rotatable bonds is 4. The van der Waals surface area contributed by atoms with Crippen LogP contribution in [0, 0.1) is 0 Å². The molecule has 0 unspecified atom stereocenters. The lowest BCUT2D eigenvalue weighted by atomic mass is 9.92. The van der Waals surface area contributed by atoms with Gasteiger partial charge >= 0.3 is 7.12 Å². The van der Waals surface area contributed by atoms with Gasteiger partial charge in [0.2, 0.25) is 0 Å². The van der Waals surface area contributed by atoms with Crippen molar-refractivity contribution in [3.63, 3.8) is 0 Å². The SMILES string of the molecule is CCCN(N)CB(O)O. The van der Waals surface area contributed by atoms with E-state index in [1.54, 1.807) is 0 Å². The average molecular weight is 132 g/mol. The van der Waals surface area contributed by atoms with E-state index in [2.05, 4.69) is 0 Å². The summed E-state index contributed by atoms with van der Waals surface area (Å²) in [6.45, 7) is 2.67. The van der Waals surface area contributed by atoms with E-state index in [4.69, 9.17) is 15.9 Å². The van der Waals surface area contributed by atoms with Crippen LogP contribution in [-0.2, 0) is 0 Å². The Labute approximate surface area is 55.4 Å². The molecule has 4 nitrogen and oxygen atoms in total. The van der Waals surface area contributed by atoms with Gasteiger partial charge in [0.25, 0.3) is 0 Å². The summed E-state index contributed by atoms with van der Waals surface area (Å²) in [7, 11) is -1.32. The zero-order valence-corrected chi connectivity index (χ0v) is 5.62. The minimum atomic E-state index is -1.32. The van der Waals surface area contributed by atoms with E-state index in [0.29, 0.717) is 6.54 Å². The van der Waals surface area contributed by atoms with Crippen molar-refractivity contribution >= 4 is 7.12 Å². The molecule has 0 aromatic heterocycles. The number of hydrogen-bond acceptors (Lipinski definition) is 4. The van der Waals surface area contributed by atoms with E-state index in [-0.39, 0.29) is 6.44 Å². The fourth-order valence-corrected chi connectivity index (χ4v) is 0.588. The van der Waals surface area contributed by atoms with Crippen LogP contribution >= 0.6 is 0 Å². The van der Waals surface area contributed by atoms with Gasteiger partial charge in [-0.3, -0.25) is 5.84 Å². The van der Waals surface area contributed by atoms with Gasteiger partial charge in [0.05, 0.1) is 0 Å². The molecule has 0 aliphatic carbocycles.